The van der Waals surface area contributed by atoms with E-state index in [-0.39, 0.29) is 40.6 Å². The highest BCUT2D eigenvalue weighted by Crippen LogP contribution is 2.45. The highest BCUT2D eigenvalue weighted by Gasteiger charge is 2.48. The Labute approximate surface area is 235 Å². The number of allylic oxidation sites excluding steroid dienone is 3. The third-order valence-electron chi connectivity index (χ3n) is 6.84. The van der Waals surface area contributed by atoms with E-state index in [0.717, 1.165) is 5.56 Å². The lowest BCUT2D eigenvalue weighted by Crippen LogP contribution is -2.38. The molecule has 5 rings (SSSR count). The number of carbonyl (C=O) groups is 3. The first-order chi connectivity index (χ1) is 19.3. The van der Waals surface area contributed by atoms with Gasteiger partial charge in [0.15, 0.2) is 11.6 Å². The van der Waals surface area contributed by atoms with Crippen molar-refractivity contribution in [3.05, 3.63) is 146 Å². The smallest absolute Gasteiger partial charge is 0.336 e. The molecule has 9 heteroatoms. The Hall–Kier alpha value is -4.82. The van der Waals surface area contributed by atoms with Gasteiger partial charge >= 0.3 is 5.97 Å². The van der Waals surface area contributed by atoms with Crippen molar-refractivity contribution in [3.8, 4) is 0 Å². The number of rotatable bonds is 8. The minimum Gasteiger partial charge on any atom is -0.463 e. The number of esters is 1. The van der Waals surface area contributed by atoms with Gasteiger partial charge in [-0.1, -0.05) is 41.9 Å². The monoisotopic (exact) mass is 554 g/mol. The zero-order chi connectivity index (χ0) is 28.4. The minimum atomic E-state index is -0.832. The SMILES string of the molecule is CCOC(=O)C1=C2C=C(C(=O)c3ccc([N+](=O)[O-])cc3)C=CN2[C@@H](C(=O)c2ccc(Cl)cc2)[C@@H]1c1ccccc1. The first-order valence-electron chi connectivity index (χ1n) is 12.5. The molecule has 0 saturated carbocycles. The normalized spacial score (nSPS) is 17.8. The molecule has 0 unspecified atom stereocenters. The van der Waals surface area contributed by atoms with Crippen molar-refractivity contribution in [2.24, 2.45) is 0 Å². The maximum absolute atomic E-state index is 14.0. The summed E-state index contributed by atoms with van der Waals surface area (Å²) in [5.41, 5.74) is 2.18. The summed E-state index contributed by atoms with van der Waals surface area (Å²) < 4.78 is 5.44. The first kappa shape index (κ1) is 26.8. The van der Waals surface area contributed by atoms with Crippen LogP contribution >= 0.6 is 11.6 Å². The van der Waals surface area contributed by atoms with Gasteiger partial charge in [0.05, 0.1) is 22.8 Å². The van der Waals surface area contributed by atoms with Crippen LogP contribution in [0.5, 0.6) is 0 Å². The lowest BCUT2D eigenvalue weighted by Gasteiger charge is -2.30. The van der Waals surface area contributed by atoms with Gasteiger partial charge in [-0.15, -0.1) is 0 Å². The van der Waals surface area contributed by atoms with Crippen LogP contribution in [0.25, 0.3) is 0 Å². The topological polar surface area (TPSA) is 107 Å². The van der Waals surface area contributed by atoms with Gasteiger partial charge < -0.3 is 9.64 Å². The summed E-state index contributed by atoms with van der Waals surface area (Å²) >= 11 is 6.06. The van der Waals surface area contributed by atoms with Crippen molar-refractivity contribution >= 4 is 34.8 Å². The van der Waals surface area contributed by atoms with Crippen molar-refractivity contribution in [1.82, 2.24) is 4.90 Å². The minimum absolute atomic E-state index is 0.126. The van der Waals surface area contributed by atoms with E-state index in [9.17, 15) is 24.5 Å². The maximum Gasteiger partial charge on any atom is 0.336 e. The Morgan fingerprint density at radius 1 is 0.950 bits per heavy atom. The van der Waals surface area contributed by atoms with Gasteiger partial charge in [0.25, 0.3) is 5.69 Å². The maximum atomic E-state index is 14.0. The van der Waals surface area contributed by atoms with Crippen LogP contribution in [0.15, 0.2) is 114 Å². The van der Waals surface area contributed by atoms with Crippen LogP contribution in [0, 0.1) is 10.1 Å². The van der Waals surface area contributed by atoms with Gasteiger partial charge in [-0.3, -0.25) is 19.7 Å². The number of ether oxygens (including phenoxy) is 1. The van der Waals surface area contributed by atoms with E-state index in [1.54, 1.807) is 54.4 Å². The van der Waals surface area contributed by atoms with Gasteiger partial charge in [-0.05, 0) is 61.0 Å². The van der Waals surface area contributed by atoms with Crippen molar-refractivity contribution < 1.29 is 24.0 Å². The van der Waals surface area contributed by atoms with E-state index in [0.29, 0.717) is 16.3 Å². The number of ketones is 2. The summed E-state index contributed by atoms with van der Waals surface area (Å²) in [5, 5.41) is 11.5. The molecule has 2 aliphatic heterocycles. The summed E-state index contributed by atoms with van der Waals surface area (Å²) in [6.45, 7) is 1.82. The Morgan fingerprint density at radius 2 is 1.60 bits per heavy atom. The third kappa shape index (κ3) is 4.97. The number of hydrogen-bond donors (Lipinski definition) is 0. The molecule has 0 amide bonds. The molecule has 2 atom stereocenters. The van der Waals surface area contributed by atoms with Crippen molar-refractivity contribution in [2.75, 3.05) is 6.61 Å². The molecule has 3 aromatic carbocycles. The van der Waals surface area contributed by atoms with Crippen LogP contribution in [0.2, 0.25) is 5.02 Å². The van der Waals surface area contributed by atoms with Gasteiger partial charge in [-0.25, -0.2) is 4.79 Å². The number of fused-ring (bicyclic) bond motifs is 1. The van der Waals surface area contributed by atoms with Gasteiger partial charge in [0.1, 0.15) is 6.04 Å². The number of nitro benzene ring substituents is 1. The number of hydrogen-bond acceptors (Lipinski definition) is 7. The summed E-state index contributed by atoms with van der Waals surface area (Å²) in [5.74, 6) is -1.89. The number of nitrogens with zero attached hydrogens (tertiary/aromatic N) is 2. The fourth-order valence-electron chi connectivity index (χ4n) is 5.00. The largest absolute Gasteiger partial charge is 0.463 e. The Balaban J connectivity index is 1.63. The Kier molecular flexibility index (Phi) is 7.44. The summed E-state index contributed by atoms with van der Waals surface area (Å²) in [6.07, 6.45) is 4.77. The molecule has 200 valence electrons. The molecule has 0 aliphatic carbocycles. The Morgan fingerprint density at radius 3 is 2.23 bits per heavy atom. The lowest BCUT2D eigenvalue weighted by molar-refractivity contribution is -0.384. The lowest BCUT2D eigenvalue weighted by atomic mass is 9.83. The fraction of sp³-hybridized carbons (Fsp3) is 0.129. The van der Waals surface area contributed by atoms with Crippen LogP contribution < -0.4 is 0 Å². The number of non-ortho nitro benzene ring substituents is 1. The fourth-order valence-corrected chi connectivity index (χ4v) is 5.13. The van der Waals surface area contributed by atoms with Crippen LogP contribution in [0.1, 0.15) is 39.1 Å². The molecule has 3 aromatic rings. The molecule has 0 bridgehead atoms. The first-order valence-corrected chi connectivity index (χ1v) is 12.9. The molecule has 0 N–H and O–H groups in total. The summed E-state index contributed by atoms with van der Waals surface area (Å²) in [4.78, 5) is 53.0. The van der Waals surface area contributed by atoms with Crippen LogP contribution in [0.4, 0.5) is 5.69 Å². The average molecular weight is 555 g/mol. The number of benzene rings is 3. The van der Waals surface area contributed by atoms with E-state index in [2.05, 4.69) is 0 Å². The predicted molar refractivity (Wildman–Crippen MR) is 149 cm³/mol. The molecular weight excluding hydrogens is 532 g/mol. The molecule has 2 aliphatic rings. The van der Waals surface area contributed by atoms with Gasteiger partial charge in [0, 0.05) is 46.0 Å². The van der Waals surface area contributed by atoms with Crippen LogP contribution in [0.3, 0.4) is 0 Å². The second kappa shape index (κ2) is 11.1. The zero-order valence-electron chi connectivity index (χ0n) is 21.3. The van der Waals surface area contributed by atoms with Crippen LogP contribution in [-0.2, 0) is 9.53 Å². The van der Waals surface area contributed by atoms with E-state index >= 15 is 0 Å². The van der Waals surface area contributed by atoms with E-state index in [1.165, 1.54) is 24.3 Å². The molecule has 0 aromatic heterocycles. The van der Waals surface area contributed by atoms with E-state index in [1.807, 2.05) is 30.3 Å². The van der Waals surface area contributed by atoms with E-state index in [4.69, 9.17) is 16.3 Å². The molecule has 0 fully saturated rings. The average Bonchev–Trinajstić information content (AvgIpc) is 3.32. The molecular formula is C31H23ClN2O6. The number of carbonyl (C=O) groups excluding carboxylic acids is 3. The quantitative estimate of drug-likeness (QED) is 0.144. The molecule has 2 heterocycles. The number of Topliss-reactive ketones (excluding diaryl/α,β-unsaturated/α-hetero) is 2. The van der Waals surface area contributed by atoms with Gasteiger partial charge in [-0.2, -0.15) is 0 Å². The number of nitro groups is 1. The van der Waals surface area contributed by atoms with Gasteiger partial charge in [0.2, 0.25) is 0 Å². The second-order valence-electron chi connectivity index (χ2n) is 9.18. The summed E-state index contributed by atoms with van der Waals surface area (Å²) in [7, 11) is 0. The predicted octanol–water partition coefficient (Wildman–Crippen LogP) is 6.05. The van der Waals surface area contributed by atoms with Crippen molar-refractivity contribution in [3.63, 3.8) is 0 Å². The van der Waals surface area contributed by atoms with Crippen LogP contribution in [-0.4, -0.2) is 40.0 Å². The molecule has 8 nitrogen and oxygen atoms in total. The zero-order valence-corrected chi connectivity index (χ0v) is 22.1. The molecule has 0 saturated heterocycles. The molecule has 40 heavy (non-hydrogen) atoms. The summed E-state index contributed by atoms with van der Waals surface area (Å²) in [6, 6.07) is 20.2. The number of halogens is 1. The Bertz CT molecular complexity index is 1590. The van der Waals surface area contributed by atoms with E-state index < -0.39 is 22.9 Å². The van der Waals surface area contributed by atoms with Crippen molar-refractivity contribution in [1.29, 1.82) is 0 Å². The van der Waals surface area contributed by atoms with Crippen molar-refractivity contribution in [2.45, 2.75) is 18.9 Å². The highest BCUT2D eigenvalue weighted by molar-refractivity contribution is 6.30. The standard InChI is InChI=1S/C31H23ClN2O6/c1-2-40-31(37)27-25-18-22(29(35)20-10-14-24(15-11-20)34(38)39)16-17-33(25)28(26(27)19-6-4-3-5-7-19)30(36)21-8-12-23(32)13-9-21/h3-18,26,28H,2H2,1H3/t26-,28-/m1/s1. The highest BCUT2D eigenvalue weighted by atomic mass is 35.5. The molecule has 0 spiro atoms. The third-order valence-corrected chi connectivity index (χ3v) is 7.09. The molecule has 0 radical (unpaired) electrons. The second-order valence-corrected chi connectivity index (χ2v) is 9.62.